The van der Waals surface area contributed by atoms with Gasteiger partial charge in [0.2, 0.25) is 17.7 Å². The maximum Gasteiger partial charge on any atom is 0.243 e. The second-order valence-electron chi connectivity index (χ2n) is 7.37. The lowest BCUT2D eigenvalue weighted by Gasteiger charge is -2.24. The fourth-order valence-corrected chi connectivity index (χ4v) is 2.98. The van der Waals surface area contributed by atoms with Gasteiger partial charge in [-0.25, -0.2) is 0 Å². The molecule has 2 aromatic rings. The number of amides is 3. The van der Waals surface area contributed by atoms with Crippen LogP contribution in [0.5, 0.6) is 0 Å². The molecular formula is C23H30N4O3. The van der Waals surface area contributed by atoms with Gasteiger partial charge in [-0.05, 0) is 50.7 Å². The Bertz CT molecular complexity index is 863. The third-order valence-electron chi connectivity index (χ3n) is 4.54. The highest BCUT2D eigenvalue weighted by molar-refractivity contribution is 5.95. The standard InChI is InChI=1S/C23H30N4O3/c1-5-27(23(30)16-26(4)14-19-8-6-17(2)7-9-19)15-22(29)25-21-12-10-20(11-13-21)24-18(3)28/h6-13H,5,14-16H2,1-4H3,(H,24,28)(H,25,29). The van der Waals surface area contributed by atoms with Crippen LogP contribution in [-0.2, 0) is 20.9 Å². The number of hydrogen-bond acceptors (Lipinski definition) is 4. The molecule has 0 aliphatic heterocycles. The van der Waals surface area contributed by atoms with Gasteiger partial charge in [-0.1, -0.05) is 29.8 Å². The summed E-state index contributed by atoms with van der Waals surface area (Å²) in [5.41, 5.74) is 3.60. The van der Waals surface area contributed by atoms with E-state index in [1.54, 1.807) is 24.3 Å². The van der Waals surface area contributed by atoms with Crippen LogP contribution in [0.15, 0.2) is 48.5 Å². The molecule has 2 N–H and O–H groups in total. The van der Waals surface area contributed by atoms with Crippen molar-refractivity contribution in [3.8, 4) is 0 Å². The van der Waals surface area contributed by atoms with Gasteiger partial charge in [-0.3, -0.25) is 19.3 Å². The van der Waals surface area contributed by atoms with Gasteiger partial charge in [0.1, 0.15) is 0 Å². The lowest BCUT2D eigenvalue weighted by Crippen LogP contribution is -2.42. The molecule has 0 saturated carbocycles. The molecule has 2 aromatic carbocycles. The summed E-state index contributed by atoms with van der Waals surface area (Å²) in [7, 11) is 1.89. The Kier molecular flexibility index (Phi) is 8.55. The topological polar surface area (TPSA) is 81.8 Å². The maximum absolute atomic E-state index is 12.6. The van der Waals surface area contributed by atoms with Gasteiger partial charge in [-0.2, -0.15) is 0 Å². The van der Waals surface area contributed by atoms with Crippen LogP contribution in [0, 0.1) is 6.92 Å². The Morgan fingerprint density at radius 2 is 1.43 bits per heavy atom. The number of hydrogen-bond donors (Lipinski definition) is 2. The van der Waals surface area contributed by atoms with Gasteiger partial charge in [0.15, 0.2) is 0 Å². The number of nitrogens with one attached hydrogen (secondary N) is 2. The largest absolute Gasteiger partial charge is 0.333 e. The van der Waals surface area contributed by atoms with Gasteiger partial charge in [0, 0.05) is 31.4 Å². The van der Waals surface area contributed by atoms with E-state index in [2.05, 4.69) is 34.9 Å². The smallest absolute Gasteiger partial charge is 0.243 e. The number of aryl methyl sites for hydroxylation is 1. The van der Waals surface area contributed by atoms with E-state index in [9.17, 15) is 14.4 Å². The van der Waals surface area contributed by atoms with E-state index < -0.39 is 0 Å². The van der Waals surface area contributed by atoms with Crippen LogP contribution in [0.4, 0.5) is 11.4 Å². The van der Waals surface area contributed by atoms with Gasteiger partial charge >= 0.3 is 0 Å². The summed E-state index contributed by atoms with van der Waals surface area (Å²) in [6.07, 6.45) is 0. The molecule has 0 atom stereocenters. The molecule has 30 heavy (non-hydrogen) atoms. The minimum absolute atomic E-state index is 0.0127. The number of benzene rings is 2. The number of nitrogens with zero attached hydrogens (tertiary/aromatic N) is 2. The quantitative estimate of drug-likeness (QED) is 0.666. The Balaban J connectivity index is 1.85. The second kappa shape index (κ2) is 11.1. The summed E-state index contributed by atoms with van der Waals surface area (Å²) in [6.45, 7) is 6.67. The second-order valence-corrected chi connectivity index (χ2v) is 7.37. The molecule has 0 heterocycles. The molecule has 0 aliphatic rings. The molecule has 0 spiro atoms. The van der Waals surface area contributed by atoms with Crippen molar-refractivity contribution in [2.75, 3.05) is 37.3 Å². The third kappa shape index (κ3) is 7.67. The molecular weight excluding hydrogens is 380 g/mol. The van der Waals surface area contributed by atoms with Crippen molar-refractivity contribution in [1.29, 1.82) is 0 Å². The molecule has 0 unspecified atom stereocenters. The molecule has 0 saturated heterocycles. The van der Waals surface area contributed by atoms with Crippen LogP contribution in [0.25, 0.3) is 0 Å². The highest BCUT2D eigenvalue weighted by atomic mass is 16.2. The fourth-order valence-electron chi connectivity index (χ4n) is 2.98. The van der Waals surface area contributed by atoms with E-state index in [1.165, 1.54) is 17.4 Å². The Morgan fingerprint density at radius 1 is 0.867 bits per heavy atom. The maximum atomic E-state index is 12.6. The molecule has 0 bridgehead atoms. The molecule has 7 nitrogen and oxygen atoms in total. The summed E-state index contributed by atoms with van der Waals surface area (Å²) in [5, 5.41) is 5.45. The minimum atomic E-state index is -0.265. The summed E-state index contributed by atoms with van der Waals surface area (Å²) in [4.78, 5) is 39.5. The zero-order chi connectivity index (χ0) is 22.1. The molecule has 3 amide bonds. The first-order valence-electron chi connectivity index (χ1n) is 9.96. The summed E-state index contributed by atoms with van der Waals surface area (Å²) in [5.74, 6) is -0.516. The molecule has 160 valence electrons. The summed E-state index contributed by atoms with van der Waals surface area (Å²) >= 11 is 0. The molecule has 0 radical (unpaired) electrons. The average Bonchev–Trinajstić information content (AvgIpc) is 2.69. The van der Waals surface area contributed by atoms with E-state index in [4.69, 9.17) is 0 Å². The highest BCUT2D eigenvalue weighted by Gasteiger charge is 2.17. The highest BCUT2D eigenvalue weighted by Crippen LogP contribution is 2.13. The van der Waals surface area contributed by atoms with Gasteiger partial charge in [0.25, 0.3) is 0 Å². The average molecular weight is 411 g/mol. The SMILES string of the molecule is CCN(CC(=O)Nc1ccc(NC(C)=O)cc1)C(=O)CN(C)Cc1ccc(C)cc1. The van der Waals surface area contributed by atoms with Gasteiger partial charge < -0.3 is 15.5 Å². The van der Waals surface area contributed by atoms with E-state index >= 15 is 0 Å². The zero-order valence-electron chi connectivity index (χ0n) is 18.1. The number of carbonyl (C=O) groups is 3. The van der Waals surface area contributed by atoms with Crippen molar-refractivity contribution in [2.24, 2.45) is 0 Å². The molecule has 0 aromatic heterocycles. The van der Waals surface area contributed by atoms with Crippen molar-refractivity contribution in [1.82, 2.24) is 9.80 Å². The van der Waals surface area contributed by atoms with Crippen molar-refractivity contribution < 1.29 is 14.4 Å². The number of carbonyl (C=O) groups excluding carboxylic acids is 3. The monoisotopic (exact) mass is 410 g/mol. The molecule has 2 rings (SSSR count). The zero-order valence-corrected chi connectivity index (χ0v) is 18.1. The van der Waals surface area contributed by atoms with Crippen LogP contribution >= 0.6 is 0 Å². The summed E-state index contributed by atoms with van der Waals surface area (Å²) in [6, 6.07) is 15.0. The van der Waals surface area contributed by atoms with E-state index in [1.807, 2.05) is 25.8 Å². The number of rotatable bonds is 9. The lowest BCUT2D eigenvalue weighted by molar-refractivity contribution is -0.135. The van der Waals surface area contributed by atoms with Crippen molar-refractivity contribution >= 4 is 29.1 Å². The van der Waals surface area contributed by atoms with E-state index in [-0.39, 0.29) is 30.8 Å². The first-order chi connectivity index (χ1) is 14.3. The van der Waals surface area contributed by atoms with Crippen molar-refractivity contribution in [3.05, 3.63) is 59.7 Å². The molecule has 0 aliphatic carbocycles. The minimum Gasteiger partial charge on any atom is -0.333 e. The normalized spacial score (nSPS) is 10.6. The Labute approximate surface area is 178 Å². The first kappa shape index (κ1) is 23.1. The van der Waals surface area contributed by atoms with Crippen LogP contribution in [0.1, 0.15) is 25.0 Å². The lowest BCUT2D eigenvalue weighted by atomic mass is 10.1. The predicted octanol–water partition coefficient (Wildman–Crippen LogP) is 2.87. The third-order valence-corrected chi connectivity index (χ3v) is 4.54. The molecule has 7 heteroatoms. The van der Waals surface area contributed by atoms with Crippen LogP contribution in [-0.4, -0.2) is 54.2 Å². The van der Waals surface area contributed by atoms with E-state index in [0.717, 1.165) is 5.56 Å². The Hall–Kier alpha value is -3.19. The van der Waals surface area contributed by atoms with Crippen LogP contribution < -0.4 is 10.6 Å². The van der Waals surface area contributed by atoms with Crippen LogP contribution in [0.3, 0.4) is 0 Å². The number of anilines is 2. The van der Waals surface area contributed by atoms with E-state index in [0.29, 0.717) is 24.5 Å². The van der Waals surface area contributed by atoms with Crippen molar-refractivity contribution in [3.63, 3.8) is 0 Å². The van der Waals surface area contributed by atoms with Crippen LogP contribution in [0.2, 0.25) is 0 Å². The van der Waals surface area contributed by atoms with Gasteiger partial charge in [-0.15, -0.1) is 0 Å². The first-order valence-corrected chi connectivity index (χ1v) is 9.96. The number of likely N-dealkylation sites (N-methyl/N-ethyl adjacent to an activating group) is 2. The van der Waals surface area contributed by atoms with Gasteiger partial charge in [0.05, 0.1) is 13.1 Å². The molecule has 0 fully saturated rings. The predicted molar refractivity (Wildman–Crippen MR) is 119 cm³/mol. The van der Waals surface area contributed by atoms with Crippen molar-refractivity contribution in [2.45, 2.75) is 27.3 Å². The Morgan fingerprint density at radius 3 is 1.97 bits per heavy atom. The fraction of sp³-hybridized carbons (Fsp3) is 0.348. The summed E-state index contributed by atoms with van der Waals surface area (Å²) < 4.78 is 0.